The number of hydrogen-bond donors (Lipinski definition) is 0. The SMILES string of the molecule is CCOC(=O)C(C(=O)OC(C)(C)C)c1ccsc1. The first-order valence-corrected chi connectivity index (χ1v) is 6.71. The molecule has 0 saturated heterocycles. The fourth-order valence-corrected chi connectivity index (χ4v) is 2.08. The molecule has 100 valence electrons. The van der Waals surface area contributed by atoms with Gasteiger partial charge in [-0.1, -0.05) is 0 Å². The summed E-state index contributed by atoms with van der Waals surface area (Å²) in [7, 11) is 0. The second-order valence-electron chi connectivity index (χ2n) is 4.78. The van der Waals surface area contributed by atoms with Crippen molar-refractivity contribution in [3.8, 4) is 0 Å². The summed E-state index contributed by atoms with van der Waals surface area (Å²) in [5.41, 5.74) is -0.00889. The average molecular weight is 270 g/mol. The third-order valence-corrected chi connectivity index (χ3v) is 2.74. The van der Waals surface area contributed by atoms with Gasteiger partial charge in [-0.15, -0.1) is 0 Å². The molecule has 0 aliphatic rings. The Labute approximate surface area is 111 Å². The minimum atomic E-state index is -0.990. The first kappa shape index (κ1) is 14.7. The van der Waals surface area contributed by atoms with Gasteiger partial charge >= 0.3 is 11.9 Å². The van der Waals surface area contributed by atoms with E-state index < -0.39 is 23.5 Å². The molecule has 0 radical (unpaired) electrons. The van der Waals surface area contributed by atoms with Crippen molar-refractivity contribution in [3.63, 3.8) is 0 Å². The average Bonchev–Trinajstić information content (AvgIpc) is 2.68. The van der Waals surface area contributed by atoms with E-state index in [0.717, 1.165) is 0 Å². The molecule has 1 aromatic heterocycles. The summed E-state index contributed by atoms with van der Waals surface area (Å²) in [6.45, 7) is 7.24. The third kappa shape index (κ3) is 4.14. The second-order valence-corrected chi connectivity index (χ2v) is 5.56. The Kier molecular flexibility index (Phi) is 4.90. The van der Waals surface area contributed by atoms with E-state index in [1.807, 2.05) is 5.38 Å². The molecule has 0 aliphatic carbocycles. The van der Waals surface area contributed by atoms with Gasteiger partial charge in [0.25, 0.3) is 0 Å². The molecule has 1 unspecified atom stereocenters. The smallest absolute Gasteiger partial charge is 0.325 e. The van der Waals surface area contributed by atoms with Crippen molar-refractivity contribution in [1.29, 1.82) is 0 Å². The summed E-state index contributed by atoms with van der Waals surface area (Å²) >= 11 is 1.42. The van der Waals surface area contributed by atoms with E-state index in [9.17, 15) is 9.59 Å². The zero-order chi connectivity index (χ0) is 13.8. The maximum absolute atomic E-state index is 12.1. The minimum absolute atomic E-state index is 0.238. The van der Waals surface area contributed by atoms with Gasteiger partial charge in [-0.05, 0) is 50.1 Å². The number of hydrogen-bond acceptors (Lipinski definition) is 5. The summed E-state index contributed by atoms with van der Waals surface area (Å²) in [6.07, 6.45) is 0. The number of carbonyl (C=O) groups excluding carboxylic acids is 2. The molecule has 0 bridgehead atoms. The van der Waals surface area contributed by atoms with Crippen molar-refractivity contribution < 1.29 is 19.1 Å². The van der Waals surface area contributed by atoms with Gasteiger partial charge in [-0.25, -0.2) is 0 Å². The van der Waals surface area contributed by atoms with Gasteiger partial charge < -0.3 is 9.47 Å². The molecule has 0 fully saturated rings. The molecule has 1 aromatic rings. The van der Waals surface area contributed by atoms with Crippen LogP contribution in [-0.2, 0) is 19.1 Å². The molecule has 0 amide bonds. The predicted molar refractivity (Wildman–Crippen MR) is 69.5 cm³/mol. The van der Waals surface area contributed by atoms with Gasteiger partial charge in [0.15, 0.2) is 5.92 Å². The van der Waals surface area contributed by atoms with E-state index >= 15 is 0 Å². The molecular formula is C13H18O4S. The van der Waals surface area contributed by atoms with E-state index in [1.54, 1.807) is 39.1 Å². The van der Waals surface area contributed by atoms with Crippen molar-refractivity contribution in [2.75, 3.05) is 6.61 Å². The molecule has 18 heavy (non-hydrogen) atoms. The van der Waals surface area contributed by atoms with Crippen LogP contribution >= 0.6 is 11.3 Å². The standard InChI is InChI=1S/C13H18O4S/c1-5-16-11(14)10(9-6-7-18-8-9)12(15)17-13(2,3)4/h6-8,10H,5H2,1-4H3. The Hall–Kier alpha value is -1.36. The van der Waals surface area contributed by atoms with Crippen LogP contribution < -0.4 is 0 Å². The van der Waals surface area contributed by atoms with Gasteiger partial charge in [-0.3, -0.25) is 9.59 Å². The van der Waals surface area contributed by atoms with E-state index in [1.165, 1.54) is 11.3 Å². The topological polar surface area (TPSA) is 52.6 Å². The Morgan fingerprint density at radius 3 is 2.44 bits per heavy atom. The minimum Gasteiger partial charge on any atom is -0.465 e. The highest BCUT2D eigenvalue weighted by Crippen LogP contribution is 2.24. The van der Waals surface area contributed by atoms with Gasteiger partial charge in [0, 0.05) is 0 Å². The number of ether oxygens (including phenoxy) is 2. The third-order valence-electron chi connectivity index (χ3n) is 2.04. The second kappa shape index (κ2) is 6.00. The fourth-order valence-electron chi connectivity index (χ4n) is 1.39. The molecule has 0 saturated carbocycles. The van der Waals surface area contributed by atoms with Gasteiger partial charge in [-0.2, -0.15) is 11.3 Å². The van der Waals surface area contributed by atoms with Crippen LogP contribution in [0.1, 0.15) is 39.2 Å². The van der Waals surface area contributed by atoms with Gasteiger partial charge in [0.05, 0.1) is 6.61 Å². The Morgan fingerprint density at radius 2 is 2.00 bits per heavy atom. The number of thiophene rings is 1. The Bertz CT molecular complexity index is 403. The molecule has 1 rings (SSSR count). The quantitative estimate of drug-likeness (QED) is 0.623. The number of carbonyl (C=O) groups is 2. The normalized spacial score (nSPS) is 12.9. The summed E-state index contributed by atoms with van der Waals surface area (Å²) < 4.78 is 10.2. The monoisotopic (exact) mass is 270 g/mol. The summed E-state index contributed by atoms with van der Waals surface area (Å²) in [5, 5.41) is 3.57. The van der Waals surface area contributed by atoms with Crippen LogP contribution in [0, 0.1) is 0 Å². The van der Waals surface area contributed by atoms with Crippen LogP contribution in [0.15, 0.2) is 16.8 Å². The van der Waals surface area contributed by atoms with Crippen LogP contribution in [0.2, 0.25) is 0 Å². The lowest BCUT2D eigenvalue weighted by Crippen LogP contribution is -2.32. The van der Waals surface area contributed by atoms with E-state index in [-0.39, 0.29) is 6.61 Å². The maximum atomic E-state index is 12.1. The van der Waals surface area contributed by atoms with E-state index in [4.69, 9.17) is 9.47 Å². The van der Waals surface area contributed by atoms with Crippen molar-refractivity contribution in [3.05, 3.63) is 22.4 Å². The molecule has 1 heterocycles. The number of esters is 2. The summed E-state index contributed by atoms with van der Waals surface area (Å²) in [4.78, 5) is 23.9. The lowest BCUT2D eigenvalue weighted by Gasteiger charge is -2.22. The zero-order valence-corrected chi connectivity index (χ0v) is 11.9. The molecule has 0 N–H and O–H groups in total. The Morgan fingerprint density at radius 1 is 1.33 bits per heavy atom. The lowest BCUT2D eigenvalue weighted by atomic mass is 10.0. The summed E-state index contributed by atoms with van der Waals surface area (Å²) in [6, 6.07) is 1.73. The highest BCUT2D eigenvalue weighted by Gasteiger charge is 2.34. The number of rotatable bonds is 4. The predicted octanol–water partition coefficient (Wildman–Crippen LogP) is 2.74. The first-order chi connectivity index (χ1) is 8.35. The molecule has 4 nitrogen and oxygen atoms in total. The van der Waals surface area contributed by atoms with Crippen LogP contribution in [-0.4, -0.2) is 24.1 Å². The van der Waals surface area contributed by atoms with Gasteiger partial charge in [0.2, 0.25) is 0 Å². The highest BCUT2D eigenvalue weighted by atomic mass is 32.1. The lowest BCUT2D eigenvalue weighted by molar-refractivity contribution is -0.164. The molecule has 5 heteroatoms. The van der Waals surface area contributed by atoms with Crippen molar-refractivity contribution in [2.24, 2.45) is 0 Å². The van der Waals surface area contributed by atoms with Gasteiger partial charge in [0.1, 0.15) is 5.60 Å². The first-order valence-electron chi connectivity index (χ1n) is 5.76. The van der Waals surface area contributed by atoms with Crippen LogP contribution in [0.4, 0.5) is 0 Å². The molecule has 1 atom stereocenters. The van der Waals surface area contributed by atoms with Crippen LogP contribution in [0.25, 0.3) is 0 Å². The van der Waals surface area contributed by atoms with E-state index in [0.29, 0.717) is 5.56 Å². The van der Waals surface area contributed by atoms with Crippen molar-refractivity contribution in [2.45, 2.75) is 39.2 Å². The largest absolute Gasteiger partial charge is 0.465 e. The Balaban J connectivity index is 2.91. The molecule has 0 aromatic carbocycles. The van der Waals surface area contributed by atoms with Crippen LogP contribution in [0.5, 0.6) is 0 Å². The maximum Gasteiger partial charge on any atom is 0.325 e. The molecule has 0 aliphatic heterocycles. The van der Waals surface area contributed by atoms with E-state index in [2.05, 4.69) is 0 Å². The van der Waals surface area contributed by atoms with Crippen molar-refractivity contribution >= 4 is 23.3 Å². The molecular weight excluding hydrogens is 252 g/mol. The summed E-state index contributed by atoms with van der Waals surface area (Å²) in [5.74, 6) is -2.13. The molecule has 0 spiro atoms. The highest BCUT2D eigenvalue weighted by molar-refractivity contribution is 7.08. The fraction of sp³-hybridized carbons (Fsp3) is 0.538. The van der Waals surface area contributed by atoms with Crippen molar-refractivity contribution in [1.82, 2.24) is 0 Å². The zero-order valence-electron chi connectivity index (χ0n) is 11.1. The van der Waals surface area contributed by atoms with Crippen LogP contribution in [0.3, 0.4) is 0 Å².